The number of amides is 1. The van der Waals surface area contributed by atoms with Gasteiger partial charge in [0.15, 0.2) is 11.0 Å². The number of halogens is 1. The summed E-state index contributed by atoms with van der Waals surface area (Å²) in [6.07, 6.45) is 7.10. The van der Waals surface area contributed by atoms with Crippen molar-refractivity contribution in [2.24, 2.45) is 4.40 Å². The fraction of sp³-hybridized carbons (Fsp3) is 0.167. The molecule has 7 nitrogen and oxygen atoms in total. The number of fused-ring (bicyclic) bond motifs is 1. The molecule has 1 aromatic heterocycles. The third-order valence-electron chi connectivity index (χ3n) is 4.17. The van der Waals surface area contributed by atoms with E-state index in [1.165, 1.54) is 29.5 Å². The molecule has 0 bridgehead atoms. The number of rotatable bonds is 4. The molecule has 10 heteroatoms. The zero-order valence-corrected chi connectivity index (χ0v) is 16.1. The minimum absolute atomic E-state index is 0.0883. The summed E-state index contributed by atoms with van der Waals surface area (Å²) in [5.41, 5.74) is 1.10. The Kier molecular flexibility index (Phi) is 4.82. The standard InChI is InChI=1S/C18H15FN4O3S2/c19-13-5-3-12(4-6-13)10-14-11-20-18(27-14)21-17(24)15-2-1-7-23-8-9-28(25,26)22-16(15)23/h1-7,11H,8-10H2,(H,20,21,24). The fourth-order valence-corrected chi connectivity index (χ4v) is 4.64. The van der Waals surface area contributed by atoms with Crippen LogP contribution in [-0.4, -0.2) is 42.3 Å². The Bertz CT molecular complexity index is 1120. The molecule has 4 rings (SSSR count). The summed E-state index contributed by atoms with van der Waals surface area (Å²) in [6.45, 7) is 0.251. The van der Waals surface area contributed by atoms with Crippen LogP contribution in [0.5, 0.6) is 0 Å². The number of sulfonamides is 1. The number of anilines is 1. The molecule has 0 saturated heterocycles. The van der Waals surface area contributed by atoms with Crippen molar-refractivity contribution in [2.75, 3.05) is 17.6 Å². The molecule has 0 radical (unpaired) electrons. The van der Waals surface area contributed by atoms with Crippen LogP contribution >= 0.6 is 11.3 Å². The number of nitrogens with zero attached hydrogens (tertiary/aromatic N) is 3. The monoisotopic (exact) mass is 418 g/mol. The molecule has 2 aliphatic heterocycles. The summed E-state index contributed by atoms with van der Waals surface area (Å²) >= 11 is 1.30. The summed E-state index contributed by atoms with van der Waals surface area (Å²) in [4.78, 5) is 19.4. The Morgan fingerprint density at radius 2 is 2.07 bits per heavy atom. The van der Waals surface area contributed by atoms with Gasteiger partial charge in [-0.3, -0.25) is 10.1 Å². The van der Waals surface area contributed by atoms with Crippen molar-refractivity contribution in [3.63, 3.8) is 0 Å². The number of carbonyl (C=O) groups is 1. The van der Waals surface area contributed by atoms with Crippen molar-refractivity contribution in [2.45, 2.75) is 6.42 Å². The van der Waals surface area contributed by atoms with E-state index in [1.54, 1.807) is 35.5 Å². The lowest BCUT2D eigenvalue weighted by molar-refractivity contribution is -0.112. The van der Waals surface area contributed by atoms with Gasteiger partial charge in [0, 0.05) is 30.2 Å². The van der Waals surface area contributed by atoms with Crippen LogP contribution in [0.1, 0.15) is 10.4 Å². The molecule has 0 spiro atoms. The normalized spacial score (nSPS) is 17.5. The predicted octanol–water partition coefficient (Wildman–Crippen LogP) is 2.31. The molecule has 1 N–H and O–H groups in total. The maximum absolute atomic E-state index is 13.0. The topological polar surface area (TPSA) is 91.7 Å². The number of aromatic nitrogens is 1. The highest BCUT2D eigenvalue weighted by Crippen LogP contribution is 2.23. The predicted molar refractivity (Wildman–Crippen MR) is 105 cm³/mol. The highest BCUT2D eigenvalue weighted by molar-refractivity contribution is 7.90. The average Bonchev–Trinajstić information content (AvgIpc) is 3.09. The lowest BCUT2D eigenvalue weighted by Gasteiger charge is -2.28. The van der Waals surface area contributed by atoms with Crippen LogP contribution in [0.15, 0.2) is 58.8 Å². The van der Waals surface area contributed by atoms with E-state index >= 15 is 0 Å². The van der Waals surface area contributed by atoms with E-state index in [1.807, 2.05) is 0 Å². The lowest BCUT2D eigenvalue weighted by Crippen LogP contribution is -2.40. The van der Waals surface area contributed by atoms with Gasteiger partial charge in [0.2, 0.25) is 0 Å². The minimum atomic E-state index is -3.57. The van der Waals surface area contributed by atoms with Gasteiger partial charge in [0.1, 0.15) is 5.82 Å². The second-order valence-corrected chi connectivity index (χ2v) is 9.08. The second-order valence-electron chi connectivity index (χ2n) is 6.21. The summed E-state index contributed by atoms with van der Waals surface area (Å²) < 4.78 is 40.3. The van der Waals surface area contributed by atoms with Gasteiger partial charge >= 0.3 is 0 Å². The van der Waals surface area contributed by atoms with Gasteiger partial charge in [-0.05, 0) is 29.8 Å². The summed E-state index contributed by atoms with van der Waals surface area (Å²) in [5.74, 6) is -0.741. The first-order chi connectivity index (χ1) is 13.4. The first-order valence-corrected chi connectivity index (χ1v) is 10.8. The van der Waals surface area contributed by atoms with Crippen LogP contribution in [0, 0.1) is 5.82 Å². The molecule has 28 heavy (non-hydrogen) atoms. The Hall–Kier alpha value is -2.85. The van der Waals surface area contributed by atoms with Crippen LogP contribution in [-0.2, 0) is 21.2 Å². The van der Waals surface area contributed by atoms with Gasteiger partial charge in [-0.15, -0.1) is 15.7 Å². The molecule has 1 aromatic carbocycles. The van der Waals surface area contributed by atoms with E-state index in [0.29, 0.717) is 11.6 Å². The van der Waals surface area contributed by atoms with E-state index in [9.17, 15) is 17.6 Å². The van der Waals surface area contributed by atoms with E-state index < -0.39 is 15.9 Å². The maximum Gasteiger partial charge on any atom is 0.261 e. The molecule has 0 saturated carbocycles. The van der Waals surface area contributed by atoms with E-state index in [4.69, 9.17) is 0 Å². The molecule has 144 valence electrons. The number of benzene rings is 1. The Morgan fingerprint density at radius 3 is 2.86 bits per heavy atom. The quantitative estimate of drug-likeness (QED) is 0.823. The molecule has 0 fully saturated rings. The first kappa shape index (κ1) is 18.5. The zero-order chi connectivity index (χ0) is 19.7. The van der Waals surface area contributed by atoms with Crippen LogP contribution in [0.4, 0.5) is 9.52 Å². The molecular formula is C18H15FN4O3S2. The smallest absolute Gasteiger partial charge is 0.261 e. The number of hydrogen-bond acceptors (Lipinski definition) is 6. The van der Waals surface area contributed by atoms with Crippen LogP contribution in [0.3, 0.4) is 0 Å². The van der Waals surface area contributed by atoms with Gasteiger partial charge in [-0.1, -0.05) is 12.1 Å². The van der Waals surface area contributed by atoms with Gasteiger partial charge in [-0.25, -0.2) is 17.8 Å². The van der Waals surface area contributed by atoms with Crippen molar-refractivity contribution >= 4 is 38.2 Å². The Labute approximate surface area is 165 Å². The summed E-state index contributed by atoms with van der Waals surface area (Å²) in [7, 11) is -3.57. The molecule has 0 atom stereocenters. The van der Waals surface area contributed by atoms with Crippen molar-refractivity contribution in [1.82, 2.24) is 9.88 Å². The molecule has 0 aliphatic carbocycles. The summed E-state index contributed by atoms with van der Waals surface area (Å²) in [5, 5.41) is 3.08. The van der Waals surface area contributed by atoms with Crippen molar-refractivity contribution in [1.29, 1.82) is 0 Å². The Morgan fingerprint density at radius 1 is 1.29 bits per heavy atom. The van der Waals surface area contributed by atoms with Gasteiger partial charge < -0.3 is 4.90 Å². The second kappa shape index (κ2) is 7.28. The first-order valence-electron chi connectivity index (χ1n) is 8.38. The molecule has 2 aliphatic rings. The highest BCUT2D eigenvalue weighted by Gasteiger charge is 2.30. The Balaban J connectivity index is 1.49. The van der Waals surface area contributed by atoms with E-state index in [0.717, 1.165) is 10.4 Å². The van der Waals surface area contributed by atoms with Crippen LogP contribution < -0.4 is 5.32 Å². The molecule has 3 heterocycles. The third-order valence-corrected chi connectivity index (χ3v) is 6.23. The largest absolute Gasteiger partial charge is 0.331 e. The number of nitrogens with one attached hydrogen (secondary N) is 1. The van der Waals surface area contributed by atoms with Crippen LogP contribution in [0.2, 0.25) is 0 Å². The van der Waals surface area contributed by atoms with Crippen molar-refractivity contribution in [3.05, 3.63) is 70.6 Å². The molecule has 0 unspecified atom stereocenters. The molecule has 2 aromatic rings. The van der Waals surface area contributed by atoms with Crippen LogP contribution in [0.25, 0.3) is 0 Å². The van der Waals surface area contributed by atoms with Gasteiger partial charge in [0.05, 0.1) is 11.3 Å². The van der Waals surface area contributed by atoms with E-state index in [2.05, 4.69) is 14.7 Å². The van der Waals surface area contributed by atoms with E-state index in [-0.39, 0.29) is 29.5 Å². The number of amidine groups is 1. The van der Waals surface area contributed by atoms with Crippen molar-refractivity contribution in [3.8, 4) is 0 Å². The number of hydrogen-bond donors (Lipinski definition) is 1. The van der Waals surface area contributed by atoms with Crippen molar-refractivity contribution < 1.29 is 17.6 Å². The highest BCUT2D eigenvalue weighted by atomic mass is 32.2. The SMILES string of the molecule is O=C(Nc1ncc(Cc2ccc(F)cc2)s1)C1=CC=CN2CCS(=O)(=O)N=C12. The average molecular weight is 418 g/mol. The van der Waals surface area contributed by atoms with Gasteiger partial charge in [-0.2, -0.15) is 0 Å². The number of allylic oxidation sites excluding steroid dienone is 2. The fourth-order valence-electron chi connectivity index (χ4n) is 2.81. The number of carbonyl (C=O) groups excluding carboxylic acids is 1. The minimum Gasteiger partial charge on any atom is -0.331 e. The number of thiazole rings is 1. The maximum atomic E-state index is 13.0. The van der Waals surface area contributed by atoms with Gasteiger partial charge in [0.25, 0.3) is 15.9 Å². The third kappa shape index (κ3) is 4.02. The summed E-state index contributed by atoms with van der Waals surface area (Å²) in [6, 6.07) is 6.19. The molecule has 1 amide bonds. The molecular weight excluding hydrogens is 403 g/mol. The zero-order valence-electron chi connectivity index (χ0n) is 14.5. The lowest BCUT2D eigenvalue weighted by atomic mass is 10.1.